The van der Waals surface area contributed by atoms with Gasteiger partial charge in [-0.25, -0.2) is 0 Å². The second-order valence-corrected chi connectivity index (χ2v) is 7.13. The van der Waals surface area contributed by atoms with Crippen LogP contribution in [0.2, 0.25) is 0 Å². The molecule has 0 amide bonds. The van der Waals surface area contributed by atoms with Gasteiger partial charge in [-0.05, 0) is 67.5 Å². The average Bonchev–Trinajstić information content (AvgIpc) is 3.04. The van der Waals surface area contributed by atoms with Gasteiger partial charge >= 0.3 is 0 Å². The first-order valence-corrected chi connectivity index (χ1v) is 8.36. The lowest BCUT2D eigenvalue weighted by molar-refractivity contribution is 0.632. The van der Waals surface area contributed by atoms with E-state index < -0.39 is 0 Å². The van der Waals surface area contributed by atoms with Crippen LogP contribution in [0.3, 0.4) is 0 Å². The molecule has 2 heterocycles. The van der Waals surface area contributed by atoms with Crippen LogP contribution in [-0.4, -0.2) is 0 Å². The second-order valence-electron chi connectivity index (χ2n) is 6.11. The van der Waals surface area contributed by atoms with Gasteiger partial charge in [0.25, 0.3) is 0 Å². The SMILES string of the molecule is Cc1ccc2cc(-c3sc4c(C)ccc(C)c4c3C)oc2c1. The lowest BCUT2D eigenvalue weighted by Crippen LogP contribution is -1.79. The molecule has 2 aromatic heterocycles. The molecule has 0 saturated heterocycles. The van der Waals surface area contributed by atoms with Gasteiger partial charge in [0.05, 0.1) is 4.88 Å². The van der Waals surface area contributed by atoms with Crippen molar-refractivity contribution in [1.29, 1.82) is 0 Å². The standard InChI is InChI=1S/C20H18OS/c1-11-5-8-15-10-17(21-16(15)9-11)20-14(4)18-12(2)6-7-13(3)19(18)22-20/h5-10H,1-4H3. The van der Waals surface area contributed by atoms with Gasteiger partial charge in [-0.1, -0.05) is 24.3 Å². The van der Waals surface area contributed by atoms with Gasteiger partial charge in [-0.3, -0.25) is 0 Å². The van der Waals surface area contributed by atoms with Crippen LogP contribution in [0.5, 0.6) is 0 Å². The van der Waals surface area contributed by atoms with E-state index in [4.69, 9.17) is 4.42 Å². The molecule has 0 saturated carbocycles. The fourth-order valence-corrected chi connectivity index (χ4v) is 4.47. The number of rotatable bonds is 1. The van der Waals surface area contributed by atoms with E-state index in [0.717, 1.165) is 11.3 Å². The Kier molecular flexibility index (Phi) is 2.92. The predicted octanol–water partition coefficient (Wildman–Crippen LogP) is 6.55. The number of fused-ring (bicyclic) bond motifs is 2. The first kappa shape index (κ1) is 13.6. The van der Waals surface area contributed by atoms with Crippen molar-refractivity contribution in [3.05, 3.63) is 58.7 Å². The highest BCUT2D eigenvalue weighted by Crippen LogP contribution is 2.42. The minimum atomic E-state index is 0.973. The summed E-state index contributed by atoms with van der Waals surface area (Å²) in [4.78, 5) is 1.25. The molecule has 0 spiro atoms. The van der Waals surface area contributed by atoms with Crippen molar-refractivity contribution in [3.63, 3.8) is 0 Å². The highest BCUT2D eigenvalue weighted by molar-refractivity contribution is 7.22. The molecule has 110 valence electrons. The molecule has 2 aromatic carbocycles. The van der Waals surface area contributed by atoms with Gasteiger partial charge in [0.15, 0.2) is 0 Å². The molecule has 0 aliphatic carbocycles. The van der Waals surface area contributed by atoms with Crippen LogP contribution < -0.4 is 0 Å². The van der Waals surface area contributed by atoms with E-state index >= 15 is 0 Å². The van der Waals surface area contributed by atoms with Gasteiger partial charge in [0.1, 0.15) is 11.3 Å². The van der Waals surface area contributed by atoms with Crippen molar-refractivity contribution in [3.8, 4) is 10.6 Å². The maximum absolute atomic E-state index is 6.14. The molecule has 22 heavy (non-hydrogen) atoms. The maximum atomic E-state index is 6.14. The van der Waals surface area contributed by atoms with Crippen LogP contribution in [0.15, 0.2) is 40.8 Å². The molecule has 4 rings (SSSR count). The Morgan fingerprint density at radius 3 is 2.41 bits per heavy atom. The van der Waals surface area contributed by atoms with Crippen molar-refractivity contribution in [2.75, 3.05) is 0 Å². The Labute approximate surface area is 134 Å². The van der Waals surface area contributed by atoms with Crippen molar-refractivity contribution in [1.82, 2.24) is 0 Å². The van der Waals surface area contributed by atoms with Gasteiger partial charge in [0.2, 0.25) is 0 Å². The third-order valence-electron chi connectivity index (χ3n) is 4.38. The van der Waals surface area contributed by atoms with Crippen LogP contribution >= 0.6 is 11.3 Å². The van der Waals surface area contributed by atoms with Gasteiger partial charge in [-0.15, -0.1) is 11.3 Å². The van der Waals surface area contributed by atoms with Crippen LogP contribution in [0.4, 0.5) is 0 Å². The molecule has 0 aliphatic rings. The van der Waals surface area contributed by atoms with Crippen molar-refractivity contribution >= 4 is 32.4 Å². The Bertz CT molecular complexity index is 1020. The topological polar surface area (TPSA) is 13.1 Å². The minimum absolute atomic E-state index is 0.973. The molecule has 0 N–H and O–H groups in total. The zero-order valence-corrected chi connectivity index (χ0v) is 14.1. The summed E-state index contributed by atoms with van der Waals surface area (Å²) in [6.07, 6.45) is 0. The lowest BCUT2D eigenvalue weighted by atomic mass is 10.0. The van der Waals surface area contributed by atoms with Crippen LogP contribution in [0, 0.1) is 27.7 Å². The summed E-state index contributed by atoms with van der Waals surface area (Å²) in [6.45, 7) is 8.68. The third-order valence-corrected chi connectivity index (χ3v) is 5.82. The van der Waals surface area contributed by atoms with E-state index in [1.54, 1.807) is 0 Å². The second kappa shape index (κ2) is 4.72. The normalized spacial score (nSPS) is 11.6. The summed E-state index contributed by atoms with van der Waals surface area (Å²) in [6, 6.07) is 13.0. The summed E-state index contributed by atoms with van der Waals surface area (Å²) in [5.41, 5.74) is 6.21. The van der Waals surface area contributed by atoms with E-state index in [1.165, 1.54) is 42.6 Å². The van der Waals surface area contributed by atoms with Crippen LogP contribution in [0.1, 0.15) is 22.3 Å². The molecule has 4 aromatic rings. The highest BCUT2D eigenvalue weighted by atomic mass is 32.1. The molecule has 1 nitrogen and oxygen atoms in total. The summed E-state index contributed by atoms with van der Waals surface area (Å²) < 4.78 is 7.51. The summed E-state index contributed by atoms with van der Waals surface area (Å²) in [7, 11) is 0. The number of hydrogen-bond acceptors (Lipinski definition) is 2. The van der Waals surface area contributed by atoms with Crippen LogP contribution in [-0.2, 0) is 0 Å². The highest BCUT2D eigenvalue weighted by Gasteiger charge is 2.16. The zero-order chi connectivity index (χ0) is 15.4. The fraction of sp³-hybridized carbons (Fsp3) is 0.200. The van der Waals surface area contributed by atoms with E-state index in [1.807, 2.05) is 11.3 Å². The number of aryl methyl sites for hydroxylation is 4. The van der Waals surface area contributed by atoms with Gasteiger partial charge in [-0.2, -0.15) is 0 Å². The molecular formula is C20H18OS. The lowest BCUT2D eigenvalue weighted by Gasteiger charge is -2.00. The van der Waals surface area contributed by atoms with E-state index in [2.05, 4.69) is 64.1 Å². The van der Waals surface area contributed by atoms with Crippen LogP contribution in [0.25, 0.3) is 31.7 Å². The predicted molar refractivity (Wildman–Crippen MR) is 96.0 cm³/mol. The van der Waals surface area contributed by atoms with Gasteiger partial charge < -0.3 is 4.42 Å². The first-order valence-electron chi connectivity index (χ1n) is 7.54. The molecule has 0 unspecified atom stereocenters. The molecular weight excluding hydrogens is 288 g/mol. The maximum Gasteiger partial charge on any atom is 0.145 e. The van der Waals surface area contributed by atoms with E-state index in [9.17, 15) is 0 Å². The largest absolute Gasteiger partial charge is 0.455 e. The Morgan fingerprint density at radius 1 is 0.864 bits per heavy atom. The van der Waals surface area contributed by atoms with Crippen molar-refractivity contribution < 1.29 is 4.42 Å². The molecule has 0 atom stereocenters. The quantitative estimate of drug-likeness (QED) is 0.389. The third kappa shape index (κ3) is 1.91. The molecule has 0 fully saturated rings. The number of furan rings is 1. The monoisotopic (exact) mass is 306 g/mol. The van der Waals surface area contributed by atoms with Crippen molar-refractivity contribution in [2.24, 2.45) is 0 Å². The first-order chi connectivity index (χ1) is 10.5. The zero-order valence-electron chi connectivity index (χ0n) is 13.3. The Morgan fingerprint density at radius 2 is 1.64 bits per heavy atom. The van der Waals surface area contributed by atoms with Crippen molar-refractivity contribution in [2.45, 2.75) is 27.7 Å². The van der Waals surface area contributed by atoms with E-state index in [-0.39, 0.29) is 0 Å². The summed E-state index contributed by atoms with van der Waals surface area (Å²) in [5, 5.41) is 2.56. The summed E-state index contributed by atoms with van der Waals surface area (Å²) >= 11 is 1.84. The Hall–Kier alpha value is -2.06. The molecule has 0 bridgehead atoms. The number of hydrogen-bond donors (Lipinski definition) is 0. The average molecular weight is 306 g/mol. The summed E-state index contributed by atoms with van der Waals surface area (Å²) in [5.74, 6) is 0.984. The smallest absolute Gasteiger partial charge is 0.145 e. The molecule has 0 radical (unpaired) electrons. The Balaban J connectivity index is 2.02. The van der Waals surface area contributed by atoms with E-state index in [0.29, 0.717) is 0 Å². The van der Waals surface area contributed by atoms with Gasteiger partial charge in [0, 0.05) is 10.1 Å². The number of benzene rings is 2. The number of thiophene rings is 1. The fourth-order valence-electron chi connectivity index (χ4n) is 3.16. The molecule has 2 heteroatoms. The molecule has 0 aliphatic heterocycles. The minimum Gasteiger partial charge on any atom is -0.455 e.